The van der Waals surface area contributed by atoms with E-state index >= 15 is 0 Å². The third kappa shape index (κ3) is 2.84. The number of H-pyrrole nitrogens is 1. The molecule has 8 nitrogen and oxygen atoms in total. The normalized spacial score (nSPS) is 12.0. The summed E-state index contributed by atoms with van der Waals surface area (Å²) < 4.78 is 10.4. The van der Waals surface area contributed by atoms with Crippen molar-refractivity contribution < 1.29 is 19.1 Å². The predicted octanol–water partition coefficient (Wildman–Crippen LogP) is 1.33. The number of nitrogens with one attached hydrogen (secondary N) is 3. The molecule has 2 aromatic carbocycles. The maximum absolute atomic E-state index is 12.4. The first-order chi connectivity index (χ1) is 12.6. The highest BCUT2D eigenvalue weighted by atomic mass is 16.7. The van der Waals surface area contributed by atoms with Gasteiger partial charge in [-0.15, -0.1) is 0 Å². The van der Waals surface area contributed by atoms with Gasteiger partial charge in [-0.2, -0.15) is 0 Å². The molecule has 2 amide bonds. The van der Waals surface area contributed by atoms with Gasteiger partial charge in [0.25, 0.3) is 11.8 Å². The van der Waals surface area contributed by atoms with Crippen molar-refractivity contribution in [3.05, 3.63) is 70.0 Å². The number of ether oxygens (including phenoxy) is 2. The zero-order chi connectivity index (χ0) is 18.1. The molecule has 26 heavy (non-hydrogen) atoms. The molecular formula is C18H13N3O5. The molecular weight excluding hydrogens is 338 g/mol. The molecule has 0 saturated heterocycles. The van der Waals surface area contributed by atoms with E-state index in [1.165, 1.54) is 12.1 Å². The topological polar surface area (TPSA) is 110 Å². The molecule has 8 heteroatoms. The molecule has 0 saturated carbocycles. The maximum atomic E-state index is 12.4. The number of hydrogen-bond acceptors (Lipinski definition) is 5. The van der Waals surface area contributed by atoms with Crippen LogP contribution in [-0.2, 0) is 0 Å². The summed E-state index contributed by atoms with van der Waals surface area (Å²) in [6.07, 6.45) is 0. The van der Waals surface area contributed by atoms with Crippen LogP contribution < -0.4 is 25.9 Å². The maximum Gasteiger partial charge on any atom is 0.270 e. The van der Waals surface area contributed by atoms with Crippen LogP contribution >= 0.6 is 0 Å². The summed E-state index contributed by atoms with van der Waals surface area (Å²) in [7, 11) is 0. The molecule has 0 spiro atoms. The van der Waals surface area contributed by atoms with E-state index < -0.39 is 17.4 Å². The smallest absolute Gasteiger partial charge is 0.270 e. The second-order valence-corrected chi connectivity index (χ2v) is 5.57. The van der Waals surface area contributed by atoms with Crippen LogP contribution in [0.3, 0.4) is 0 Å². The van der Waals surface area contributed by atoms with Crippen molar-refractivity contribution in [3.8, 4) is 11.5 Å². The molecule has 0 fully saturated rings. The standard InChI is InChI=1S/C18H13N3O5/c22-16-8-12(11-3-1-2-4-13(11)19-16)18(24)21-20-17(23)10-5-6-14-15(7-10)26-9-25-14/h1-8H,9H2,(H,19,22)(H,20,23)(H,21,24). The molecule has 1 aliphatic heterocycles. The van der Waals surface area contributed by atoms with Crippen LogP contribution in [0.5, 0.6) is 11.5 Å². The highest BCUT2D eigenvalue weighted by Gasteiger charge is 2.17. The number of rotatable bonds is 2. The molecule has 1 aliphatic rings. The summed E-state index contributed by atoms with van der Waals surface area (Å²) in [6.45, 7) is 0.104. The lowest BCUT2D eigenvalue weighted by atomic mass is 10.1. The molecule has 1 aromatic heterocycles. The Morgan fingerprint density at radius 3 is 2.58 bits per heavy atom. The third-order valence-corrected chi connectivity index (χ3v) is 3.92. The van der Waals surface area contributed by atoms with E-state index in [0.717, 1.165) is 0 Å². The summed E-state index contributed by atoms with van der Waals surface area (Å²) >= 11 is 0. The Kier molecular flexibility index (Phi) is 3.77. The Hall–Kier alpha value is -3.81. The minimum absolute atomic E-state index is 0.104. The zero-order valence-corrected chi connectivity index (χ0v) is 13.4. The van der Waals surface area contributed by atoms with Gasteiger partial charge in [-0.05, 0) is 24.3 Å². The number of fused-ring (bicyclic) bond motifs is 2. The quantitative estimate of drug-likeness (QED) is 0.604. The van der Waals surface area contributed by atoms with Crippen LogP contribution in [-0.4, -0.2) is 23.6 Å². The first kappa shape index (κ1) is 15.7. The molecule has 0 unspecified atom stereocenters. The molecule has 0 radical (unpaired) electrons. The van der Waals surface area contributed by atoms with Crippen molar-refractivity contribution in [1.82, 2.24) is 15.8 Å². The van der Waals surface area contributed by atoms with Gasteiger partial charge >= 0.3 is 0 Å². The number of aromatic amines is 1. The van der Waals surface area contributed by atoms with E-state index in [4.69, 9.17) is 9.47 Å². The van der Waals surface area contributed by atoms with Crippen molar-refractivity contribution in [2.45, 2.75) is 0 Å². The van der Waals surface area contributed by atoms with E-state index in [9.17, 15) is 14.4 Å². The summed E-state index contributed by atoms with van der Waals surface area (Å²) in [5.74, 6) is -0.0997. The number of pyridine rings is 1. The van der Waals surface area contributed by atoms with Crippen LogP contribution in [0.25, 0.3) is 10.9 Å². The van der Waals surface area contributed by atoms with Crippen molar-refractivity contribution in [2.24, 2.45) is 0 Å². The van der Waals surface area contributed by atoms with Gasteiger partial charge in [0.2, 0.25) is 12.4 Å². The first-order valence-electron chi connectivity index (χ1n) is 7.74. The molecule has 3 N–H and O–H groups in total. The van der Waals surface area contributed by atoms with Gasteiger partial charge in [-0.1, -0.05) is 18.2 Å². The summed E-state index contributed by atoms with van der Waals surface area (Å²) in [5, 5.41) is 0.571. The average molecular weight is 351 g/mol. The van der Waals surface area contributed by atoms with Crippen LogP contribution in [0.15, 0.2) is 53.3 Å². The molecule has 0 atom stereocenters. The van der Waals surface area contributed by atoms with E-state index in [-0.39, 0.29) is 12.4 Å². The van der Waals surface area contributed by atoms with Crippen LogP contribution in [0, 0.1) is 0 Å². The summed E-state index contributed by atoms with van der Waals surface area (Å²) in [6, 6.07) is 12.8. The number of para-hydroxylation sites is 1. The van der Waals surface area contributed by atoms with E-state index in [1.807, 2.05) is 0 Å². The highest BCUT2D eigenvalue weighted by molar-refractivity contribution is 6.07. The molecule has 2 heterocycles. The Morgan fingerprint density at radius 2 is 1.69 bits per heavy atom. The minimum atomic E-state index is -0.596. The molecule has 0 bridgehead atoms. The van der Waals surface area contributed by atoms with Crippen molar-refractivity contribution in [1.29, 1.82) is 0 Å². The van der Waals surface area contributed by atoms with Gasteiger partial charge < -0.3 is 14.5 Å². The van der Waals surface area contributed by atoms with Gasteiger partial charge in [-0.25, -0.2) is 0 Å². The molecule has 130 valence electrons. The van der Waals surface area contributed by atoms with Gasteiger partial charge in [0.15, 0.2) is 11.5 Å². The second kappa shape index (κ2) is 6.25. The zero-order valence-electron chi connectivity index (χ0n) is 13.4. The number of benzene rings is 2. The van der Waals surface area contributed by atoms with E-state index in [0.29, 0.717) is 28.0 Å². The van der Waals surface area contributed by atoms with Gasteiger partial charge in [0.05, 0.1) is 5.56 Å². The van der Waals surface area contributed by atoms with E-state index in [2.05, 4.69) is 15.8 Å². The fourth-order valence-electron chi connectivity index (χ4n) is 2.68. The SMILES string of the molecule is O=C(NNC(=O)c1cc(=O)[nH]c2ccccc12)c1ccc2c(c1)OCO2. The van der Waals surface area contributed by atoms with Crippen LogP contribution in [0.4, 0.5) is 0 Å². The first-order valence-corrected chi connectivity index (χ1v) is 7.74. The third-order valence-electron chi connectivity index (χ3n) is 3.92. The monoisotopic (exact) mass is 351 g/mol. The minimum Gasteiger partial charge on any atom is -0.454 e. The van der Waals surface area contributed by atoms with Crippen molar-refractivity contribution in [3.63, 3.8) is 0 Å². The Labute approximate surface area is 146 Å². The number of aromatic nitrogens is 1. The number of amides is 2. The van der Waals surface area contributed by atoms with Crippen LogP contribution in [0.1, 0.15) is 20.7 Å². The fourth-order valence-corrected chi connectivity index (χ4v) is 2.68. The number of carbonyl (C=O) groups excluding carboxylic acids is 2. The molecule has 0 aliphatic carbocycles. The Morgan fingerprint density at radius 1 is 0.923 bits per heavy atom. The Balaban J connectivity index is 1.52. The van der Waals surface area contributed by atoms with Gasteiger partial charge in [0.1, 0.15) is 0 Å². The van der Waals surface area contributed by atoms with E-state index in [1.54, 1.807) is 36.4 Å². The van der Waals surface area contributed by atoms with Crippen molar-refractivity contribution >= 4 is 22.7 Å². The van der Waals surface area contributed by atoms with Crippen molar-refractivity contribution in [2.75, 3.05) is 6.79 Å². The lowest BCUT2D eigenvalue weighted by Gasteiger charge is -2.09. The van der Waals surface area contributed by atoms with Gasteiger partial charge in [0, 0.05) is 22.5 Å². The van der Waals surface area contributed by atoms with Crippen LogP contribution in [0.2, 0.25) is 0 Å². The summed E-state index contributed by atoms with van der Waals surface area (Å²) in [5.41, 5.74) is 5.23. The number of hydrogen-bond donors (Lipinski definition) is 3. The summed E-state index contributed by atoms with van der Waals surface area (Å²) in [4.78, 5) is 39.0. The lowest BCUT2D eigenvalue weighted by molar-refractivity contribution is 0.0847. The lowest BCUT2D eigenvalue weighted by Crippen LogP contribution is -2.42. The average Bonchev–Trinajstić information content (AvgIpc) is 3.12. The number of hydrazine groups is 1. The fraction of sp³-hybridized carbons (Fsp3) is 0.0556. The second-order valence-electron chi connectivity index (χ2n) is 5.57. The number of carbonyl (C=O) groups is 2. The molecule has 4 rings (SSSR count). The van der Waals surface area contributed by atoms with Gasteiger partial charge in [-0.3, -0.25) is 25.2 Å². The molecule has 3 aromatic rings. The largest absolute Gasteiger partial charge is 0.454 e. The Bertz CT molecular complexity index is 1090. The highest BCUT2D eigenvalue weighted by Crippen LogP contribution is 2.32. The predicted molar refractivity (Wildman–Crippen MR) is 92.1 cm³/mol.